The van der Waals surface area contributed by atoms with E-state index in [4.69, 9.17) is 27.9 Å². The number of rotatable bonds is 1. The van der Waals surface area contributed by atoms with E-state index < -0.39 is 0 Å². The molecule has 0 N–H and O–H groups in total. The SMILES string of the molecule is C[C@@H]1CN(C2=NC(=O)/C(=C\c3ccc(Cl)cc3Cl)S2)C[C@@H](C)O1. The van der Waals surface area contributed by atoms with Crippen molar-refractivity contribution in [2.24, 2.45) is 4.99 Å². The van der Waals surface area contributed by atoms with Crippen LogP contribution in [0, 0.1) is 0 Å². The Hall–Kier alpha value is -1.01. The zero-order valence-corrected chi connectivity index (χ0v) is 15.1. The largest absolute Gasteiger partial charge is 0.372 e. The Balaban J connectivity index is 1.78. The molecule has 0 bridgehead atoms. The highest BCUT2D eigenvalue weighted by molar-refractivity contribution is 8.18. The molecule has 1 aromatic rings. The third kappa shape index (κ3) is 3.91. The number of hydrogen-bond donors (Lipinski definition) is 0. The van der Waals surface area contributed by atoms with Gasteiger partial charge in [-0.3, -0.25) is 4.79 Å². The smallest absolute Gasteiger partial charge is 0.286 e. The molecular weight excluding hydrogens is 355 g/mol. The maximum atomic E-state index is 12.2. The van der Waals surface area contributed by atoms with Gasteiger partial charge in [0.25, 0.3) is 5.91 Å². The molecule has 1 fully saturated rings. The molecule has 0 radical (unpaired) electrons. The first kappa shape index (κ1) is 16.8. The fourth-order valence-corrected chi connectivity index (χ4v) is 4.01. The number of morpholine rings is 1. The van der Waals surface area contributed by atoms with E-state index in [1.165, 1.54) is 11.8 Å². The molecule has 1 amide bonds. The molecule has 0 unspecified atom stereocenters. The molecule has 1 saturated heterocycles. The second-order valence-electron chi connectivity index (χ2n) is 5.64. The first-order valence-electron chi connectivity index (χ1n) is 7.30. The highest BCUT2D eigenvalue weighted by Crippen LogP contribution is 2.33. The monoisotopic (exact) mass is 370 g/mol. The van der Waals surface area contributed by atoms with E-state index in [0.29, 0.717) is 15.0 Å². The Bertz CT molecular complexity index is 695. The minimum Gasteiger partial charge on any atom is -0.372 e. The Kier molecular flexibility index (Phi) is 5.01. The minimum atomic E-state index is -0.234. The van der Waals surface area contributed by atoms with Gasteiger partial charge in [0.05, 0.1) is 17.1 Å². The third-order valence-corrected chi connectivity index (χ3v) is 5.16. The summed E-state index contributed by atoms with van der Waals surface area (Å²) in [6.45, 7) is 5.51. The zero-order chi connectivity index (χ0) is 16.6. The lowest BCUT2D eigenvalue weighted by molar-refractivity contribution is -0.113. The number of thioether (sulfide) groups is 1. The zero-order valence-electron chi connectivity index (χ0n) is 12.8. The number of halogens is 2. The van der Waals surface area contributed by atoms with Crippen molar-refractivity contribution >= 4 is 52.1 Å². The highest BCUT2D eigenvalue weighted by atomic mass is 35.5. The standard InChI is InChI=1S/C16H16Cl2N2O2S/c1-9-7-20(8-10(2)22-9)16-19-15(21)14(23-16)5-11-3-4-12(17)6-13(11)18/h3-6,9-10H,7-8H2,1-2H3/b14-5+/t9-,10-/m1/s1. The number of ether oxygens (including phenoxy) is 1. The molecule has 0 aliphatic carbocycles. The van der Waals surface area contributed by atoms with Gasteiger partial charge in [0.2, 0.25) is 0 Å². The van der Waals surface area contributed by atoms with Gasteiger partial charge in [0, 0.05) is 23.1 Å². The second-order valence-corrected chi connectivity index (χ2v) is 7.49. The topological polar surface area (TPSA) is 41.9 Å². The van der Waals surface area contributed by atoms with Crippen LogP contribution in [-0.4, -0.2) is 41.3 Å². The van der Waals surface area contributed by atoms with Crippen molar-refractivity contribution in [2.45, 2.75) is 26.1 Å². The molecule has 4 nitrogen and oxygen atoms in total. The van der Waals surface area contributed by atoms with Crippen molar-refractivity contribution in [3.05, 3.63) is 38.7 Å². The molecule has 2 atom stereocenters. The van der Waals surface area contributed by atoms with Gasteiger partial charge in [-0.2, -0.15) is 4.99 Å². The summed E-state index contributed by atoms with van der Waals surface area (Å²) < 4.78 is 5.72. The summed E-state index contributed by atoms with van der Waals surface area (Å²) in [5, 5.41) is 1.81. The van der Waals surface area contributed by atoms with E-state index in [-0.39, 0.29) is 18.1 Å². The molecule has 2 heterocycles. The van der Waals surface area contributed by atoms with Crippen LogP contribution in [0.3, 0.4) is 0 Å². The third-order valence-electron chi connectivity index (χ3n) is 3.55. The van der Waals surface area contributed by atoms with E-state index in [2.05, 4.69) is 9.89 Å². The van der Waals surface area contributed by atoms with Gasteiger partial charge in [0.1, 0.15) is 0 Å². The first-order chi connectivity index (χ1) is 10.9. The summed E-state index contributed by atoms with van der Waals surface area (Å²) in [6, 6.07) is 5.20. The van der Waals surface area contributed by atoms with Gasteiger partial charge < -0.3 is 9.64 Å². The van der Waals surface area contributed by atoms with Gasteiger partial charge in [-0.25, -0.2) is 0 Å². The molecule has 3 rings (SSSR count). The van der Waals surface area contributed by atoms with E-state index in [0.717, 1.165) is 23.8 Å². The van der Waals surface area contributed by atoms with Crippen molar-refractivity contribution in [1.29, 1.82) is 0 Å². The number of benzene rings is 1. The van der Waals surface area contributed by atoms with Gasteiger partial charge in [-0.1, -0.05) is 29.3 Å². The van der Waals surface area contributed by atoms with Gasteiger partial charge in [-0.15, -0.1) is 0 Å². The van der Waals surface area contributed by atoms with Crippen LogP contribution in [0.25, 0.3) is 6.08 Å². The molecule has 2 aliphatic heterocycles. The molecule has 0 spiro atoms. The summed E-state index contributed by atoms with van der Waals surface area (Å²) in [6.07, 6.45) is 2.00. The number of nitrogens with zero attached hydrogens (tertiary/aromatic N) is 2. The highest BCUT2D eigenvalue weighted by Gasteiger charge is 2.31. The van der Waals surface area contributed by atoms with Crippen LogP contribution in [0.1, 0.15) is 19.4 Å². The number of carbonyl (C=O) groups excluding carboxylic acids is 1. The molecule has 122 valence electrons. The average molecular weight is 371 g/mol. The lowest BCUT2D eigenvalue weighted by Gasteiger charge is -2.35. The Labute approximate surface area is 149 Å². The summed E-state index contributed by atoms with van der Waals surface area (Å²) in [5.74, 6) is -0.234. The van der Waals surface area contributed by atoms with Crippen molar-refractivity contribution in [3.8, 4) is 0 Å². The van der Waals surface area contributed by atoms with Crippen LogP contribution < -0.4 is 0 Å². The van der Waals surface area contributed by atoms with Gasteiger partial charge in [-0.05, 0) is 49.4 Å². The molecule has 23 heavy (non-hydrogen) atoms. The predicted octanol–water partition coefficient (Wildman–Crippen LogP) is 4.07. The van der Waals surface area contributed by atoms with E-state index in [1.54, 1.807) is 24.3 Å². The van der Waals surface area contributed by atoms with Crippen LogP contribution in [-0.2, 0) is 9.53 Å². The van der Waals surface area contributed by atoms with Crippen LogP contribution in [0.15, 0.2) is 28.1 Å². The first-order valence-corrected chi connectivity index (χ1v) is 8.87. The number of amides is 1. The Morgan fingerprint density at radius 2 is 2.00 bits per heavy atom. The number of amidine groups is 1. The molecule has 0 aromatic heterocycles. The van der Waals surface area contributed by atoms with E-state index in [1.807, 2.05) is 13.8 Å². The van der Waals surface area contributed by atoms with E-state index >= 15 is 0 Å². The quantitative estimate of drug-likeness (QED) is 0.698. The van der Waals surface area contributed by atoms with Crippen LogP contribution in [0.2, 0.25) is 10.0 Å². The Morgan fingerprint density at radius 1 is 1.30 bits per heavy atom. The van der Waals surface area contributed by atoms with Crippen LogP contribution >= 0.6 is 35.0 Å². The summed E-state index contributed by atoms with van der Waals surface area (Å²) in [5.41, 5.74) is 0.757. The lowest BCUT2D eigenvalue weighted by Crippen LogP contribution is -2.47. The molecule has 0 saturated carbocycles. The van der Waals surface area contributed by atoms with E-state index in [9.17, 15) is 4.79 Å². The van der Waals surface area contributed by atoms with Gasteiger partial charge >= 0.3 is 0 Å². The molecule has 7 heteroatoms. The molecular formula is C16H16Cl2N2O2S. The normalized spacial score (nSPS) is 26.8. The van der Waals surface area contributed by atoms with Crippen molar-refractivity contribution in [2.75, 3.05) is 13.1 Å². The number of aliphatic imine (C=N–C) groups is 1. The second kappa shape index (κ2) is 6.85. The molecule has 2 aliphatic rings. The maximum Gasteiger partial charge on any atom is 0.286 e. The maximum absolute atomic E-state index is 12.2. The number of hydrogen-bond acceptors (Lipinski definition) is 4. The average Bonchev–Trinajstić information content (AvgIpc) is 2.82. The fourth-order valence-electron chi connectivity index (χ4n) is 2.63. The van der Waals surface area contributed by atoms with Crippen molar-refractivity contribution in [3.63, 3.8) is 0 Å². The fraction of sp³-hybridized carbons (Fsp3) is 0.375. The summed E-state index contributed by atoms with van der Waals surface area (Å²) in [4.78, 5) is 19.0. The van der Waals surface area contributed by atoms with Crippen LogP contribution in [0.4, 0.5) is 0 Å². The predicted molar refractivity (Wildman–Crippen MR) is 96.1 cm³/mol. The minimum absolute atomic E-state index is 0.121. The van der Waals surface area contributed by atoms with Crippen molar-refractivity contribution in [1.82, 2.24) is 4.90 Å². The summed E-state index contributed by atoms with van der Waals surface area (Å²) in [7, 11) is 0. The summed E-state index contributed by atoms with van der Waals surface area (Å²) >= 11 is 13.4. The van der Waals surface area contributed by atoms with Gasteiger partial charge in [0.15, 0.2) is 5.17 Å². The van der Waals surface area contributed by atoms with Crippen molar-refractivity contribution < 1.29 is 9.53 Å². The lowest BCUT2D eigenvalue weighted by atomic mass is 10.2. The Morgan fingerprint density at radius 3 is 2.65 bits per heavy atom. The number of carbonyl (C=O) groups is 1. The van der Waals surface area contributed by atoms with Crippen LogP contribution in [0.5, 0.6) is 0 Å². The molecule has 1 aromatic carbocycles.